The summed E-state index contributed by atoms with van der Waals surface area (Å²) >= 11 is 0. The number of rotatable bonds is 41. The average Bonchev–Trinajstić information content (AvgIpc) is 3.05. The van der Waals surface area contributed by atoms with Crippen LogP contribution in [0, 0.1) is 0 Å². The average molecular weight is 691 g/mol. The van der Waals surface area contributed by atoms with Gasteiger partial charge in [-0.1, -0.05) is 206 Å². The van der Waals surface area contributed by atoms with Crippen LogP contribution in [0.1, 0.15) is 219 Å². The highest BCUT2D eigenvalue weighted by molar-refractivity contribution is 4.57. The highest BCUT2D eigenvalue weighted by Gasteiger charge is 2.15. The number of hydrogen-bond donors (Lipinski definition) is 2. The van der Waals surface area contributed by atoms with Crippen molar-refractivity contribution in [3.63, 3.8) is 0 Å². The van der Waals surface area contributed by atoms with E-state index in [1.165, 1.54) is 204 Å². The summed E-state index contributed by atoms with van der Waals surface area (Å²) in [6, 6.07) is 0. The first-order valence-corrected chi connectivity index (χ1v) is 21.4. The minimum absolute atomic E-state index is 0. The van der Waals surface area contributed by atoms with Crippen molar-refractivity contribution in [1.29, 1.82) is 0 Å². The lowest BCUT2D eigenvalue weighted by atomic mass is 10.0. The van der Waals surface area contributed by atoms with Crippen LogP contribution in [0.4, 0.5) is 0 Å². The van der Waals surface area contributed by atoms with Gasteiger partial charge < -0.3 is 31.9 Å². The van der Waals surface area contributed by atoms with E-state index in [1.54, 1.807) is 0 Å². The Hall–Kier alpha value is 0.130. The van der Waals surface area contributed by atoms with Gasteiger partial charge in [0.2, 0.25) is 0 Å². The second-order valence-electron chi connectivity index (χ2n) is 14.8. The minimum Gasteiger partial charge on any atom is -1.00 e. The zero-order valence-corrected chi connectivity index (χ0v) is 33.3. The second kappa shape index (κ2) is 44.2. The van der Waals surface area contributed by atoms with Crippen molar-refractivity contribution in [3.05, 3.63) is 0 Å². The Kier molecular flexibility index (Phi) is 46.3. The molecule has 0 spiro atoms. The topological polar surface area (TPSA) is 43.1 Å². The molecule has 0 radical (unpaired) electrons. The van der Waals surface area contributed by atoms with E-state index in [9.17, 15) is 5.11 Å². The molecule has 0 rings (SSSR count). The second-order valence-corrected chi connectivity index (χ2v) is 14.8. The summed E-state index contributed by atoms with van der Waals surface area (Å²) in [5.41, 5.74) is 0. The molecule has 2 N–H and O–H groups in total. The first-order valence-electron chi connectivity index (χ1n) is 21.4. The summed E-state index contributed by atoms with van der Waals surface area (Å²) < 4.78 is 12.4. The Morgan fingerprint density at radius 1 is 0.447 bits per heavy atom. The van der Waals surface area contributed by atoms with E-state index in [4.69, 9.17) is 9.47 Å². The van der Waals surface area contributed by atoms with Crippen molar-refractivity contribution in [3.8, 4) is 0 Å². The number of unbranched alkanes of at least 4 members (excludes halogenated alkanes) is 30. The van der Waals surface area contributed by atoms with Gasteiger partial charge in [0.05, 0.1) is 20.3 Å². The third-order valence-electron chi connectivity index (χ3n) is 9.91. The normalized spacial score (nSPS) is 12.8. The number of nitrogens with one attached hydrogen (secondary N) is 1. The van der Waals surface area contributed by atoms with Crippen molar-refractivity contribution >= 4 is 0 Å². The standard InChI is InChI=1S/C42H87NO3.ClH/c1-4-6-8-10-12-14-16-18-20-22-24-26-28-30-32-34-38-45-41-42(40-43(3)36-37-44)46-39-35-33-31-29-27-25-23-21-19-17-15-13-11-9-7-5-2;/h42,44H,4-41H2,1-3H3;1H. The quantitative estimate of drug-likeness (QED) is 0.0634. The van der Waals surface area contributed by atoms with Gasteiger partial charge in [-0.05, 0) is 12.8 Å². The molecule has 0 aromatic rings. The van der Waals surface area contributed by atoms with Crippen LogP contribution < -0.4 is 17.3 Å². The molecule has 0 aliphatic carbocycles. The maximum absolute atomic E-state index is 9.33. The van der Waals surface area contributed by atoms with Crippen LogP contribution in [-0.2, 0) is 9.47 Å². The summed E-state index contributed by atoms with van der Waals surface area (Å²) in [4.78, 5) is 1.32. The van der Waals surface area contributed by atoms with E-state index in [-0.39, 0.29) is 25.1 Å². The maximum Gasteiger partial charge on any atom is 0.129 e. The lowest BCUT2D eigenvalue weighted by Crippen LogP contribution is -3.10. The number of hydrogen-bond acceptors (Lipinski definition) is 3. The van der Waals surface area contributed by atoms with Crippen molar-refractivity contribution in [2.45, 2.75) is 225 Å². The monoisotopic (exact) mass is 690 g/mol. The predicted octanol–water partition coefficient (Wildman–Crippen LogP) is 8.42. The largest absolute Gasteiger partial charge is 1.00 e. The lowest BCUT2D eigenvalue weighted by molar-refractivity contribution is -0.883. The molecular formula is C42H88ClNO3. The summed E-state index contributed by atoms with van der Waals surface area (Å²) in [6.07, 6.45) is 44.9. The number of ether oxygens (including phenoxy) is 2. The van der Waals surface area contributed by atoms with E-state index in [0.717, 1.165) is 32.7 Å². The molecule has 0 bridgehead atoms. The molecule has 5 heteroatoms. The third-order valence-corrected chi connectivity index (χ3v) is 9.91. The fourth-order valence-electron chi connectivity index (χ4n) is 6.71. The molecule has 0 fully saturated rings. The zero-order chi connectivity index (χ0) is 33.4. The highest BCUT2D eigenvalue weighted by atomic mass is 35.5. The van der Waals surface area contributed by atoms with Gasteiger partial charge in [-0.3, -0.25) is 0 Å². The van der Waals surface area contributed by atoms with Gasteiger partial charge in [0.25, 0.3) is 0 Å². The van der Waals surface area contributed by atoms with Gasteiger partial charge >= 0.3 is 0 Å². The predicted molar refractivity (Wildman–Crippen MR) is 203 cm³/mol. The molecule has 0 amide bonds. The van der Waals surface area contributed by atoms with Crippen molar-refractivity contribution in [2.75, 3.05) is 46.6 Å². The van der Waals surface area contributed by atoms with Gasteiger partial charge in [0.15, 0.2) is 0 Å². The van der Waals surface area contributed by atoms with E-state index in [1.807, 2.05) is 0 Å². The molecule has 47 heavy (non-hydrogen) atoms. The molecule has 0 heterocycles. The summed E-state index contributed by atoms with van der Waals surface area (Å²) in [6.45, 7) is 8.92. The molecule has 4 nitrogen and oxygen atoms in total. The number of aliphatic hydroxyl groups excluding tert-OH is 1. The van der Waals surface area contributed by atoms with Gasteiger partial charge in [0, 0.05) is 13.2 Å². The molecule has 0 saturated carbocycles. The summed E-state index contributed by atoms with van der Waals surface area (Å²) in [7, 11) is 2.15. The molecule has 0 aromatic heterocycles. The summed E-state index contributed by atoms with van der Waals surface area (Å²) in [5.74, 6) is 0. The first-order chi connectivity index (χ1) is 22.7. The molecule has 2 unspecified atom stereocenters. The van der Waals surface area contributed by atoms with E-state index in [0.29, 0.717) is 6.61 Å². The fourth-order valence-corrected chi connectivity index (χ4v) is 6.71. The van der Waals surface area contributed by atoms with Gasteiger partial charge in [-0.15, -0.1) is 0 Å². The van der Waals surface area contributed by atoms with Crippen LogP contribution in [0.5, 0.6) is 0 Å². The van der Waals surface area contributed by atoms with Crippen LogP contribution in [0.25, 0.3) is 0 Å². The van der Waals surface area contributed by atoms with Crippen LogP contribution in [0.2, 0.25) is 0 Å². The van der Waals surface area contributed by atoms with Crippen LogP contribution in [0.3, 0.4) is 0 Å². The van der Waals surface area contributed by atoms with E-state index >= 15 is 0 Å². The van der Waals surface area contributed by atoms with Crippen molar-refractivity contribution < 1.29 is 31.9 Å². The number of aliphatic hydroxyl groups is 1. The Morgan fingerprint density at radius 2 is 0.745 bits per heavy atom. The Morgan fingerprint density at radius 3 is 1.06 bits per heavy atom. The molecule has 0 saturated heterocycles. The number of quaternary nitrogens is 1. The van der Waals surface area contributed by atoms with E-state index < -0.39 is 0 Å². The number of halogens is 1. The molecule has 0 aromatic carbocycles. The molecule has 0 aliphatic heterocycles. The lowest BCUT2D eigenvalue weighted by Gasteiger charge is -2.22. The van der Waals surface area contributed by atoms with Gasteiger partial charge in [-0.25, -0.2) is 0 Å². The van der Waals surface area contributed by atoms with Crippen LogP contribution in [0.15, 0.2) is 0 Å². The Bertz CT molecular complexity index is 538. The smallest absolute Gasteiger partial charge is 0.129 e. The summed E-state index contributed by atoms with van der Waals surface area (Å²) in [5, 5.41) is 9.33. The molecule has 0 aliphatic rings. The van der Waals surface area contributed by atoms with E-state index in [2.05, 4.69) is 20.9 Å². The third kappa shape index (κ3) is 42.2. The zero-order valence-electron chi connectivity index (χ0n) is 32.6. The minimum atomic E-state index is 0. The number of likely N-dealkylation sites (N-methyl/N-ethyl adjacent to an activating group) is 1. The van der Waals surface area contributed by atoms with Crippen LogP contribution in [-0.4, -0.2) is 57.8 Å². The molecule has 2 atom stereocenters. The van der Waals surface area contributed by atoms with Gasteiger partial charge in [-0.2, -0.15) is 0 Å². The molecular weight excluding hydrogens is 602 g/mol. The fraction of sp³-hybridized carbons (Fsp3) is 1.00. The Labute approximate surface area is 303 Å². The molecule has 286 valence electrons. The SMILES string of the molecule is CCCCCCCCCCCCCCCCCCOCC(C[NH+](C)CCO)OCCCCCCCCCCCCCCCCCC.[Cl-]. The Balaban J connectivity index is 0. The highest BCUT2D eigenvalue weighted by Crippen LogP contribution is 2.15. The van der Waals surface area contributed by atoms with Crippen LogP contribution >= 0.6 is 0 Å². The van der Waals surface area contributed by atoms with Gasteiger partial charge in [0.1, 0.15) is 19.2 Å². The first kappa shape index (κ1) is 49.2. The maximum atomic E-state index is 9.33. The van der Waals surface area contributed by atoms with Crippen molar-refractivity contribution in [2.24, 2.45) is 0 Å². The van der Waals surface area contributed by atoms with Crippen molar-refractivity contribution in [1.82, 2.24) is 0 Å².